The van der Waals surface area contributed by atoms with Gasteiger partial charge in [-0.1, -0.05) is 29.8 Å². The van der Waals surface area contributed by atoms with E-state index >= 15 is 0 Å². The maximum Gasteiger partial charge on any atom is 0.226 e. The van der Waals surface area contributed by atoms with Crippen molar-refractivity contribution in [3.63, 3.8) is 0 Å². The number of benzene rings is 1. The monoisotopic (exact) mass is 374 g/mol. The normalized spacial score (nSPS) is 22.5. The maximum absolute atomic E-state index is 12.7. The average Bonchev–Trinajstić information content (AvgIpc) is 2.99. The lowest BCUT2D eigenvalue weighted by atomic mass is 9.71. The van der Waals surface area contributed by atoms with Crippen molar-refractivity contribution >= 4 is 5.91 Å². The Morgan fingerprint density at radius 2 is 1.85 bits per heavy atom. The molecule has 0 bridgehead atoms. The number of ether oxygens (including phenoxy) is 2. The molecule has 1 aromatic carbocycles. The lowest BCUT2D eigenvalue weighted by molar-refractivity contribution is -0.133. The summed E-state index contributed by atoms with van der Waals surface area (Å²) >= 11 is 0. The molecular formula is C22H34N2O3. The number of likely N-dealkylation sites (tertiary alicyclic amines) is 2. The molecule has 5 nitrogen and oxygen atoms in total. The number of hydrogen-bond donors (Lipinski definition) is 0. The Morgan fingerprint density at radius 1 is 1.15 bits per heavy atom. The topological polar surface area (TPSA) is 42.0 Å². The summed E-state index contributed by atoms with van der Waals surface area (Å²) in [5.41, 5.74) is 2.62. The number of carbonyl (C=O) groups is 1. The van der Waals surface area contributed by atoms with Gasteiger partial charge in [0.05, 0.1) is 19.6 Å². The van der Waals surface area contributed by atoms with Gasteiger partial charge in [0.15, 0.2) is 0 Å². The number of methoxy groups -OCH3 is 2. The number of amides is 1. The Morgan fingerprint density at radius 3 is 2.48 bits per heavy atom. The summed E-state index contributed by atoms with van der Waals surface area (Å²) in [6, 6.07) is 8.29. The Hall–Kier alpha value is -1.43. The molecule has 1 aromatic rings. The SMILES string of the molecule is COCCN1C[C@H](COC)C2(CCN(C(=O)Cc3ccc(C)cc3)CC2)C1. The maximum atomic E-state index is 12.7. The van der Waals surface area contributed by atoms with Crippen LogP contribution in [-0.4, -0.2) is 75.9 Å². The standard InChI is InChI=1S/C22H34N2O3/c1-18-4-6-19(7-5-18)14-21(25)24-10-8-22(9-11-24)17-23(12-13-26-2)15-20(22)16-27-3/h4-7,20H,8-17H2,1-3H3/t20-/m1/s1. The van der Waals surface area contributed by atoms with E-state index in [9.17, 15) is 4.79 Å². The van der Waals surface area contributed by atoms with Gasteiger partial charge in [-0.2, -0.15) is 0 Å². The van der Waals surface area contributed by atoms with Crippen LogP contribution < -0.4 is 0 Å². The molecule has 150 valence electrons. The highest BCUT2D eigenvalue weighted by Gasteiger charge is 2.48. The van der Waals surface area contributed by atoms with Crippen LogP contribution in [0.2, 0.25) is 0 Å². The van der Waals surface area contributed by atoms with E-state index in [-0.39, 0.29) is 11.3 Å². The summed E-state index contributed by atoms with van der Waals surface area (Å²) in [4.78, 5) is 17.3. The minimum absolute atomic E-state index is 0.256. The minimum atomic E-state index is 0.256. The van der Waals surface area contributed by atoms with Crippen LogP contribution in [0.5, 0.6) is 0 Å². The number of nitrogens with zero attached hydrogens (tertiary/aromatic N) is 2. The molecule has 27 heavy (non-hydrogen) atoms. The van der Waals surface area contributed by atoms with Crippen molar-refractivity contribution in [3.8, 4) is 0 Å². The highest BCUT2D eigenvalue weighted by Crippen LogP contribution is 2.44. The first-order valence-electron chi connectivity index (χ1n) is 10.1. The molecule has 5 heteroatoms. The van der Waals surface area contributed by atoms with Gasteiger partial charge in [-0.15, -0.1) is 0 Å². The van der Waals surface area contributed by atoms with Gasteiger partial charge in [0.25, 0.3) is 0 Å². The fraction of sp³-hybridized carbons (Fsp3) is 0.682. The summed E-state index contributed by atoms with van der Waals surface area (Å²) in [6.07, 6.45) is 2.66. The van der Waals surface area contributed by atoms with Gasteiger partial charge in [0.2, 0.25) is 5.91 Å². The van der Waals surface area contributed by atoms with Crippen LogP contribution in [-0.2, 0) is 20.7 Å². The Labute approximate surface area is 163 Å². The third kappa shape index (κ3) is 4.89. The van der Waals surface area contributed by atoms with E-state index in [1.807, 2.05) is 0 Å². The molecular weight excluding hydrogens is 340 g/mol. The van der Waals surface area contributed by atoms with E-state index in [1.165, 1.54) is 5.56 Å². The van der Waals surface area contributed by atoms with Crippen molar-refractivity contribution in [1.29, 1.82) is 0 Å². The first kappa shape index (κ1) is 20.3. The van der Waals surface area contributed by atoms with Gasteiger partial charge in [-0.3, -0.25) is 4.79 Å². The second-order valence-electron chi connectivity index (χ2n) is 8.29. The van der Waals surface area contributed by atoms with Gasteiger partial charge < -0.3 is 19.3 Å². The lowest BCUT2D eigenvalue weighted by Gasteiger charge is -2.42. The van der Waals surface area contributed by atoms with Gasteiger partial charge >= 0.3 is 0 Å². The molecule has 0 radical (unpaired) electrons. The van der Waals surface area contributed by atoms with Crippen LogP contribution in [0.4, 0.5) is 0 Å². The molecule has 2 aliphatic rings. The predicted molar refractivity (Wildman–Crippen MR) is 107 cm³/mol. The Kier molecular flexibility index (Phi) is 6.90. The Bertz CT molecular complexity index is 608. The van der Waals surface area contributed by atoms with Crippen molar-refractivity contribution in [3.05, 3.63) is 35.4 Å². The van der Waals surface area contributed by atoms with E-state index in [0.717, 1.165) is 64.3 Å². The molecule has 2 aliphatic heterocycles. The highest BCUT2D eigenvalue weighted by atomic mass is 16.5. The quantitative estimate of drug-likeness (QED) is 0.735. The van der Waals surface area contributed by atoms with Gasteiger partial charge in [-0.25, -0.2) is 0 Å². The van der Waals surface area contributed by atoms with Crippen LogP contribution in [0.1, 0.15) is 24.0 Å². The first-order valence-corrected chi connectivity index (χ1v) is 10.1. The fourth-order valence-corrected chi connectivity index (χ4v) is 4.73. The number of rotatable bonds is 7. The smallest absolute Gasteiger partial charge is 0.226 e. The van der Waals surface area contributed by atoms with Crippen LogP contribution >= 0.6 is 0 Å². The predicted octanol–water partition coefficient (Wildman–Crippen LogP) is 2.37. The van der Waals surface area contributed by atoms with Crippen LogP contribution in [0.15, 0.2) is 24.3 Å². The molecule has 0 saturated carbocycles. The molecule has 2 saturated heterocycles. The van der Waals surface area contributed by atoms with E-state index < -0.39 is 0 Å². The third-order valence-electron chi connectivity index (χ3n) is 6.45. The summed E-state index contributed by atoms with van der Waals surface area (Å²) in [7, 11) is 3.56. The third-order valence-corrected chi connectivity index (χ3v) is 6.45. The van der Waals surface area contributed by atoms with Gasteiger partial charge in [-0.05, 0) is 30.7 Å². The zero-order chi connectivity index (χ0) is 19.3. The second-order valence-corrected chi connectivity index (χ2v) is 8.29. The summed E-state index contributed by atoms with van der Waals surface area (Å²) in [5, 5.41) is 0. The molecule has 1 atom stereocenters. The lowest BCUT2D eigenvalue weighted by Crippen LogP contribution is -2.47. The second kappa shape index (κ2) is 9.18. The highest BCUT2D eigenvalue weighted by molar-refractivity contribution is 5.78. The van der Waals surface area contributed by atoms with Crippen molar-refractivity contribution < 1.29 is 14.3 Å². The first-order chi connectivity index (χ1) is 13.1. The molecule has 0 aliphatic carbocycles. The summed E-state index contributed by atoms with van der Waals surface area (Å²) in [5.74, 6) is 0.805. The summed E-state index contributed by atoms with van der Waals surface area (Å²) < 4.78 is 10.8. The van der Waals surface area contributed by atoms with E-state index in [2.05, 4.69) is 41.0 Å². The van der Waals surface area contributed by atoms with Gasteiger partial charge in [0, 0.05) is 52.9 Å². The Balaban J connectivity index is 1.57. The average molecular weight is 375 g/mol. The molecule has 3 rings (SSSR count). The van der Waals surface area contributed by atoms with E-state index in [1.54, 1.807) is 14.2 Å². The number of piperidine rings is 1. The van der Waals surface area contributed by atoms with E-state index in [0.29, 0.717) is 12.3 Å². The minimum Gasteiger partial charge on any atom is -0.384 e. The number of hydrogen-bond acceptors (Lipinski definition) is 4. The molecule has 0 aromatic heterocycles. The van der Waals surface area contributed by atoms with Crippen LogP contribution in [0.3, 0.4) is 0 Å². The molecule has 2 heterocycles. The van der Waals surface area contributed by atoms with Crippen molar-refractivity contribution in [2.24, 2.45) is 11.3 Å². The largest absolute Gasteiger partial charge is 0.384 e. The molecule has 0 N–H and O–H groups in total. The van der Waals surface area contributed by atoms with Crippen molar-refractivity contribution in [1.82, 2.24) is 9.80 Å². The zero-order valence-electron chi connectivity index (χ0n) is 17.1. The van der Waals surface area contributed by atoms with E-state index in [4.69, 9.17) is 9.47 Å². The molecule has 2 fully saturated rings. The van der Waals surface area contributed by atoms with Crippen LogP contribution in [0, 0.1) is 18.3 Å². The number of carbonyl (C=O) groups excluding carboxylic acids is 1. The molecule has 0 unspecified atom stereocenters. The molecule has 1 spiro atoms. The fourth-order valence-electron chi connectivity index (χ4n) is 4.73. The van der Waals surface area contributed by atoms with Crippen LogP contribution in [0.25, 0.3) is 0 Å². The summed E-state index contributed by atoms with van der Waals surface area (Å²) in [6.45, 7) is 8.54. The molecule has 1 amide bonds. The number of aryl methyl sites for hydroxylation is 1. The zero-order valence-corrected chi connectivity index (χ0v) is 17.1. The van der Waals surface area contributed by atoms with Crippen molar-refractivity contribution in [2.45, 2.75) is 26.2 Å². The van der Waals surface area contributed by atoms with Gasteiger partial charge in [0.1, 0.15) is 0 Å². The van der Waals surface area contributed by atoms with Crippen molar-refractivity contribution in [2.75, 3.05) is 60.2 Å².